The van der Waals surface area contributed by atoms with Crippen LogP contribution in [0.4, 0.5) is 5.69 Å². The van der Waals surface area contributed by atoms with E-state index in [9.17, 15) is 4.79 Å². The first-order valence-corrected chi connectivity index (χ1v) is 9.17. The van der Waals surface area contributed by atoms with E-state index in [2.05, 4.69) is 25.8 Å². The monoisotopic (exact) mass is 365 g/mol. The molecule has 1 aliphatic rings. The highest BCUT2D eigenvalue weighted by Gasteiger charge is 2.18. The third-order valence-corrected chi connectivity index (χ3v) is 4.72. The molecule has 2 N–H and O–H groups in total. The number of aryl methyl sites for hydroxylation is 2. The summed E-state index contributed by atoms with van der Waals surface area (Å²) in [5.41, 5.74) is 2.98. The molecule has 140 valence electrons. The number of nitrogens with zero attached hydrogens (tertiary/aromatic N) is 5. The molecule has 1 amide bonds. The molecule has 3 aromatic rings. The maximum atomic E-state index is 12.5. The van der Waals surface area contributed by atoms with E-state index in [0.29, 0.717) is 23.2 Å². The van der Waals surface area contributed by atoms with Gasteiger partial charge >= 0.3 is 0 Å². The normalized spacial score (nSPS) is 17.0. The average Bonchev–Trinajstić information content (AvgIpc) is 3.30. The molecular formula is C19H23N7O. The van der Waals surface area contributed by atoms with Crippen LogP contribution in [0.3, 0.4) is 0 Å². The minimum Gasteiger partial charge on any atom is -0.319 e. The Labute approximate surface area is 157 Å². The lowest BCUT2D eigenvalue weighted by Crippen LogP contribution is -2.32. The van der Waals surface area contributed by atoms with Crippen LogP contribution in [0.2, 0.25) is 0 Å². The summed E-state index contributed by atoms with van der Waals surface area (Å²) >= 11 is 0. The summed E-state index contributed by atoms with van der Waals surface area (Å²) in [6.07, 6.45) is 5.70. The van der Waals surface area contributed by atoms with Gasteiger partial charge in [-0.05, 0) is 57.5 Å². The summed E-state index contributed by atoms with van der Waals surface area (Å²) in [4.78, 5) is 16.9. The highest BCUT2D eigenvalue weighted by Crippen LogP contribution is 2.17. The van der Waals surface area contributed by atoms with E-state index < -0.39 is 0 Å². The summed E-state index contributed by atoms with van der Waals surface area (Å²) in [6, 6.07) is 7.71. The number of carbonyl (C=O) groups excluding carboxylic acids is 1. The van der Waals surface area contributed by atoms with Gasteiger partial charge in [-0.25, -0.2) is 9.67 Å². The van der Waals surface area contributed by atoms with E-state index in [1.54, 1.807) is 16.9 Å². The third kappa shape index (κ3) is 3.75. The van der Waals surface area contributed by atoms with Crippen molar-refractivity contribution < 1.29 is 4.79 Å². The van der Waals surface area contributed by atoms with Crippen molar-refractivity contribution in [2.75, 3.05) is 18.4 Å². The number of anilines is 1. The van der Waals surface area contributed by atoms with Crippen molar-refractivity contribution in [2.24, 2.45) is 0 Å². The molecule has 4 rings (SSSR count). The fraction of sp³-hybridized carbons (Fsp3) is 0.368. The number of hydrogen-bond acceptors (Lipinski definition) is 5. The second kappa shape index (κ2) is 7.32. The van der Waals surface area contributed by atoms with Crippen LogP contribution in [0.1, 0.15) is 40.8 Å². The van der Waals surface area contributed by atoms with E-state index in [1.807, 2.05) is 42.9 Å². The second-order valence-electron chi connectivity index (χ2n) is 6.88. The van der Waals surface area contributed by atoms with Gasteiger partial charge in [0.15, 0.2) is 11.5 Å². The Morgan fingerprint density at radius 2 is 2.15 bits per heavy atom. The van der Waals surface area contributed by atoms with Crippen LogP contribution >= 0.6 is 0 Å². The molecule has 4 heterocycles. The predicted molar refractivity (Wildman–Crippen MR) is 102 cm³/mol. The van der Waals surface area contributed by atoms with Crippen LogP contribution in [0.15, 0.2) is 36.7 Å². The molecule has 8 heteroatoms. The number of piperidine rings is 1. The third-order valence-electron chi connectivity index (χ3n) is 4.72. The molecule has 0 radical (unpaired) electrons. The highest BCUT2D eigenvalue weighted by molar-refractivity contribution is 6.02. The number of pyridine rings is 1. The van der Waals surface area contributed by atoms with Crippen molar-refractivity contribution in [1.29, 1.82) is 0 Å². The molecule has 0 saturated carbocycles. The summed E-state index contributed by atoms with van der Waals surface area (Å²) < 4.78 is 3.66. The van der Waals surface area contributed by atoms with Gasteiger partial charge < -0.3 is 10.6 Å². The number of aromatic nitrogens is 5. The molecule has 27 heavy (non-hydrogen) atoms. The zero-order valence-corrected chi connectivity index (χ0v) is 15.5. The van der Waals surface area contributed by atoms with Gasteiger partial charge in [0.1, 0.15) is 0 Å². The van der Waals surface area contributed by atoms with Crippen LogP contribution in [-0.2, 0) is 0 Å². The smallest absolute Gasteiger partial charge is 0.276 e. The molecule has 0 bridgehead atoms. The highest BCUT2D eigenvalue weighted by atomic mass is 16.2. The molecule has 0 aliphatic carbocycles. The van der Waals surface area contributed by atoms with Crippen molar-refractivity contribution in [3.05, 3.63) is 53.7 Å². The van der Waals surface area contributed by atoms with Crippen molar-refractivity contribution in [3.8, 4) is 5.82 Å². The predicted octanol–water partition coefficient (Wildman–Crippen LogP) is 2.26. The summed E-state index contributed by atoms with van der Waals surface area (Å²) in [6.45, 7) is 5.86. The van der Waals surface area contributed by atoms with Gasteiger partial charge in [-0.15, -0.1) is 0 Å². The van der Waals surface area contributed by atoms with Crippen LogP contribution < -0.4 is 10.6 Å². The second-order valence-corrected chi connectivity index (χ2v) is 6.88. The fourth-order valence-electron chi connectivity index (χ4n) is 3.36. The lowest BCUT2D eigenvalue weighted by atomic mass is 10.1. The fourth-order valence-corrected chi connectivity index (χ4v) is 3.36. The summed E-state index contributed by atoms with van der Waals surface area (Å²) in [5, 5.41) is 15.1. The van der Waals surface area contributed by atoms with Crippen molar-refractivity contribution in [2.45, 2.75) is 32.7 Å². The molecule has 1 aliphatic heterocycles. The van der Waals surface area contributed by atoms with E-state index in [-0.39, 0.29) is 5.91 Å². The van der Waals surface area contributed by atoms with Crippen molar-refractivity contribution in [3.63, 3.8) is 0 Å². The van der Waals surface area contributed by atoms with Crippen LogP contribution in [-0.4, -0.2) is 43.5 Å². The molecule has 1 saturated heterocycles. The Hall–Kier alpha value is -3.00. The zero-order chi connectivity index (χ0) is 18.8. The first-order valence-electron chi connectivity index (χ1n) is 9.17. The van der Waals surface area contributed by atoms with Crippen molar-refractivity contribution >= 4 is 11.6 Å². The van der Waals surface area contributed by atoms with Crippen LogP contribution in [0.25, 0.3) is 5.82 Å². The van der Waals surface area contributed by atoms with Gasteiger partial charge in [0.05, 0.1) is 23.6 Å². The molecule has 0 aromatic carbocycles. The minimum atomic E-state index is -0.238. The lowest BCUT2D eigenvalue weighted by Gasteiger charge is -2.22. The number of hydrogen-bond donors (Lipinski definition) is 2. The number of carbonyl (C=O) groups is 1. The molecule has 0 spiro atoms. The lowest BCUT2D eigenvalue weighted by molar-refractivity contribution is 0.102. The zero-order valence-electron chi connectivity index (χ0n) is 15.5. The first kappa shape index (κ1) is 17.4. The van der Waals surface area contributed by atoms with E-state index in [1.165, 1.54) is 0 Å². The van der Waals surface area contributed by atoms with Gasteiger partial charge in [-0.3, -0.25) is 9.48 Å². The average molecular weight is 365 g/mol. The maximum Gasteiger partial charge on any atom is 0.276 e. The largest absolute Gasteiger partial charge is 0.319 e. The van der Waals surface area contributed by atoms with Gasteiger partial charge in [-0.1, -0.05) is 0 Å². The minimum absolute atomic E-state index is 0.238. The topological polar surface area (TPSA) is 89.7 Å². The Kier molecular flexibility index (Phi) is 4.72. The standard InChI is InChI=1S/C19H23N7O/c1-13-10-14(2)26(23-13)18-6-5-15(11-21-18)22-19(27)17-7-9-25(24-17)16-4-3-8-20-12-16/h5-7,9-11,16,20H,3-4,8,12H2,1-2H3,(H,22,27). The molecule has 8 nitrogen and oxygen atoms in total. The van der Waals surface area contributed by atoms with Gasteiger partial charge in [0.2, 0.25) is 0 Å². The molecule has 1 unspecified atom stereocenters. The summed E-state index contributed by atoms with van der Waals surface area (Å²) in [7, 11) is 0. The quantitative estimate of drug-likeness (QED) is 0.740. The number of nitrogens with one attached hydrogen (secondary N) is 2. The molecule has 1 fully saturated rings. The Bertz CT molecular complexity index is 935. The molecule has 3 aromatic heterocycles. The van der Waals surface area contributed by atoms with E-state index in [0.717, 1.165) is 37.3 Å². The van der Waals surface area contributed by atoms with Gasteiger partial charge in [0, 0.05) is 18.4 Å². The first-order chi connectivity index (χ1) is 13.1. The van der Waals surface area contributed by atoms with Crippen LogP contribution in [0.5, 0.6) is 0 Å². The van der Waals surface area contributed by atoms with E-state index >= 15 is 0 Å². The number of rotatable bonds is 4. The Morgan fingerprint density at radius 3 is 2.81 bits per heavy atom. The Morgan fingerprint density at radius 1 is 1.26 bits per heavy atom. The SMILES string of the molecule is Cc1cc(C)n(-c2ccc(NC(=O)c3ccn(C4CCCNC4)n3)cn2)n1. The molecule has 1 atom stereocenters. The summed E-state index contributed by atoms with van der Waals surface area (Å²) in [5.74, 6) is 0.478. The number of amides is 1. The molecular weight excluding hydrogens is 342 g/mol. The van der Waals surface area contributed by atoms with Crippen LogP contribution in [0, 0.1) is 13.8 Å². The Balaban J connectivity index is 1.44. The van der Waals surface area contributed by atoms with E-state index in [4.69, 9.17) is 0 Å². The van der Waals surface area contributed by atoms with Crippen molar-refractivity contribution in [1.82, 2.24) is 29.9 Å². The van der Waals surface area contributed by atoms with Gasteiger partial charge in [-0.2, -0.15) is 10.2 Å². The maximum absolute atomic E-state index is 12.5. The van der Waals surface area contributed by atoms with Gasteiger partial charge in [0.25, 0.3) is 5.91 Å².